The topological polar surface area (TPSA) is 26.2 Å². The predicted octanol–water partition coefficient (Wildman–Crippen LogP) is 13.4. The maximum atomic E-state index is 14.8. The SMILES string of the molecule is Fc1cccc(-n2c3ccccc3c3ccc(N(c4ccc5c6ccccc6n(-c6ccccc6)c5c4)c4cccc5oc6ccccc6c45)cc32)c1. The molecule has 11 rings (SSSR count). The maximum Gasteiger partial charge on any atom is 0.137 e. The fraction of sp³-hybridized carbons (Fsp3) is 0. The first-order valence-electron chi connectivity index (χ1n) is 17.8. The average Bonchev–Trinajstić information content (AvgIpc) is 3.86. The van der Waals surface area contributed by atoms with Crippen LogP contribution in [-0.4, -0.2) is 9.13 Å². The normalized spacial score (nSPS) is 11.9. The molecule has 0 aliphatic carbocycles. The van der Waals surface area contributed by atoms with E-state index in [-0.39, 0.29) is 5.82 Å². The highest BCUT2D eigenvalue weighted by Crippen LogP contribution is 2.46. The molecule has 5 heteroatoms. The molecule has 0 bridgehead atoms. The van der Waals surface area contributed by atoms with Crippen molar-refractivity contribution in [3.8, 4) is 11.4 Å². The Morgan fingerprint density at radius 1 is 0.396 bits per heavy atom. The van der Waals surface area contributed by atoms with Gasteiger partial charge in [0, 0.05) is 49.7 Å². The Hall–Kier alpha value is -7.11. The number of furan rings is 1. The lowest BCUT2D eigenvalue weighted by atomic mass is 10.1. The summed E-state index contributed by atoms with van der Waals surface area (Å²) in [7, 11) is 0. The van der Waals surface area contributed by atoms with E-state index in [1.54, 1.807) is 12.1 Å². The van der Waals surface area contributed by atoms with Gasteiger partial charge in [-0.25, -0.2) is 4.39 Å². The maximum absolute atomic E-state index is 14.8. The first-order chi connectivity index (χ1) is 26.2. The highest BCUT2D eigenvalue weighted by molar-refractivity contribution is 6.16. The zero-order valence-corrected chi connectivity index (χ0v) is 28.4. The van der Waals surface area contributed by atoms with Crippen molar-refractivity contribution in [1.82, 2.24) is 9.13 Å². The zero-order chi connectivity index (χ0) is 35.0. The molecular weight excluding hydrogens is 654 g/mol. The largest absolute Gasteiger partial charge is 0.456 e. The van der Waals surface area contributed by atoms with Gasteiger partial charge in [-0.15, -0.1) is 0 Å². The third-order valence-electron chi connectivity index (χ3n) is 10.5. The van der Waals surface area contributed by atoms with Crippen molar-refractivity contribution in [3.05, 3.63) is 188 Å². The van der Waals surface area contributed by atoms with Crippen LogP contribution in [0.2, 0.25) is 0 Å². The third-order valence-corrected chi connectivity index (χ3v) is 10.5. The van der Waals surface area contributed by atoms with Gasteiger partial charge in [-0.2, -0.15) is 0 Å². The van der Waals surface area contributed by atoms with Crippen LogP contribution in [0.3, 0.4) is 0 Å². The molecule has 53 heavy (non-hydrogen) atoms. The van der Waals surface area contributed by atoms with Gasteiger partial charge >= 0.3 is 0 Å². The summed E-state index contributed by atoms with van der Waals surface area (Å²) in [4.78, 5) is 2.34. The van der Waals surface area contributed by atoms with E-state index in [2.05, 4.69) is 147 Å². The molecule has 250 valence electrons. The standard InChI is InChI=1S/C48H30FN3O/c49-31-12-10-15-33(28-31)52-42-20-8-5-17-37(42)39-27-25-35(30-45(39)52)50(43-21-11-23-47-48(43)40-18-6-9-22-46(40)53-47)34-24-26-38-36-16-4-7-19-41(36)51(44(38)29-34)32-13-2-1-3-14-32/h1-30H. The van der Waals surface area contributed by atoms with Crippen LogP contribution in [0, 0.1) is 5.82 Å². The van der Waals surface area contributed by atoms with E-state index in [4.69, 9.17) is 4.42 Å². The fourth-order valence-electron chi connectivity index (χ4n) is 8.31. The first kappa shape index (κ1) is 29.6. The monoisotopic (exact) mass is 683 g/mol. The van der Waals surface area contributed by atoms with Crippen molar-refractivity contribution in [1.29, 1.82) is 0 Å². The van der Waals surface area contributed by atoms with Crippen molar-refractivity contribution in [3.63, 3.8) is 0 Å². The number of para-hydroxylation sites is 4. The predicted molar refractivity (Wildman–Crippen MR) is 217 cm³/mol. The number of fused-ring (bicyclic) bond motifs is 9. The Kier molecular flexibility index (Phi) is 6.40. The van der Waals surface area contributed by atoms with Gasteiger partial charge in [0.1, 0.15) is 17.0 Å². The van der Waals surface area contributed by atoms with Crippen molar-refractivity contribution in [2.24, 2.45) is 0 Å². The second kappa shape index (κ2) is 11.5. The van der Waals surface area contributed by atoms with Crippen LogP contribution in [0.5, 0.6) is 0 Å². The third kappa shape index (κ3) is 4.47. The van der Waals surface area contributed by atoms with E-state index in [1.807, 2.05) is 30.3 Å². The Morgan fingerprint density at radius 3 is 1.60 bits per heavy atom. The van der Waals surface area contributed by atoms with E-state index >= 15 is 0 Å². The molecule has 3 aromatic heterocycles. The fourth-order valence-corrected chi connectivity index (χ4v) is 8.31. The van der Waals surface area contributed by atoms with Crippen molar-refractivity contribution in [2.75, 3.05) is 4.90 Å². The number of halogens is 1. The molecule has 4 nitrogen and oxygen atoms in total. The summed E-state index contributed by atoms with van der Waals surface area (Å²) in [6.45, 7) is 0. The molecule has 0 amide bonds. The number of aromatic nitrogens is 2. The smallest absolute Gasteiger partial charge is 0.137 e. The van der Waals surface area contributed by atoms with Crippen molar-refractivity contribution < 1.29 is 8.81 Å². The van der Waals surface area contributed by atoms with E-state index in [0.717, 1.165) is 83.2 Å². The lowest BCUT2D eigenvalue weighted by Gasteiger charge is -2.27. The van der Waals surface area contributed by atoms with Gasteiger partial charge < -0.3 is 18.5 Å². The second-order valence-corrected chi connectivity index (χ2v) is 13.5. The second-order valence-electron chi connectivity index (χ2n) is 13.5. The molecule has 3 heterocycles. The van der Waals surface area contributed by atoms with Crippen LogP contribution < -0.4 is 4.90 Å². The summed E-state index contributed by atoms with van der Waals surface area (Å²) >= 11 is 0. The molecule has 8 aromatic carbocycles. The lowest BCUT2D eigenvalue weighted by Crippen LogP contribution is -2.11. The van der Waals surface area contributed by atoms with E-state index in [1.165, 1.54) is 16.8 Å². The summed E-state index contributed by atoms with van der Waals surface area (Å²) in [6, 6.07) is 62.2. The van der Waals surface area contributed by atoms with Gasteiger partial charge in [-0.05, 0) is 84.9 Å². The number of benzene rings is 8. The van der Waals surface area contributed by atoms with Gasteiger partial charge in [0.15, 0.2) is 0 Å². The Balaban J connectivity index is 1.24. The lowest BCUT2D eigenvalue weighted by molar-refractivity contribution is 0.627. The van der Waals surface area contributed by atoms with Crippen LogP contribution in [0.1, 0.15) is 0 Å². The summed E-state index contributed by atoms with van der Waals surface area (Å²) < 4.78 is 25.7. The van der Waals surface area contributed by atoms with Crippen LogP contribution in [0.15, 0.2) is 186 Å². The molecule has 0 fully saturated rings. The molecule has 0 saturated heterocycles. The molecule has 0 spiro atoms. The number of anilines is 3. The van der Waals surface area contributed by atoms with Crippen LogP contribution in [0.4, 0.5) is 21.5 Å². The minimum atomic E-state index is -0.271. The van der Waals surface area contributed by atoms with Crippen LogP contribution in [-0.2, 0) is 0 Å². The van der Waals surface area contributed by atoms with E-state index < -0.39 is 0 Å². The Morgan fingerprint density at radius 2 is 0.925 bits per heavy atom. The minimum Gasteiger partial charge on any atom is -0.456 e. The van der Waals surface area contributed by atoms with Gasteiger partial charge in [-0.3, -0.25) is 0 Å². The molecular formula is C48H30FN3O. The van der Waals surface area contributed by atoms with Gasteiger partial charge in [-0.1, -0.05) is 97.1 Å². The number of hydrogen-bond acceptors (Lipinski definition) is 2. The molecule has 0 N–H and O–H groups in total. The summed E-state index contributed by atoms with van der Waals surface area (Å²) in [5.74, 6) is -0.271. The van der Waals surface area contributed by atoms with Crippen LogP contribution in [0.25, 0.3) is 76.9 Å². The molecule has 0 saturated carbocycles. The quantitative estimate of drug-likeness (QED) is 0.180. The zero-order valence-electron chi connectivity index (χ0n) is 28.4. The number of nitrogens with zero attached hydrogens (tertiary/aromatic N) is 3. The summed E-state index contributed by atoms with van der Waals surface area (Å²) in [5, 5.41) is 6.69. The molecule has 11 aromatic rings. The Bertz CT molecular complexity index is 3210. The van der Waals surface area contributed by atoms with E-state index in [0.29, 0.717) is 0 Å². The number of rotatable bonds is 5. The highest BCUT2D eigenvalue weighted by Gasteiger charge is 2.23. The molecule has 0 atom stereocenters. The first-order valence-corrected chi connectivity index (χ1v) is 17.8. The minimum absolute atomic E-state index is 0.271. The highest BCUT2D eigenvalue weighted by atomic mass is 19.1. The van der Waals surface area contributed by atoms with Crippen molar-refractivity contribution in [2.45, 2.75) is 0 Å². The average molecular weight is 684 g/mol. The molecule has 0 radical (unpaired) electrons. The molecule has 0 unspecified atom stereocenters. The van der Waals surface area contributed by atoms with Gasteiger partial charge in [0.2, 0.25) is 0 Å². The Labute approximate surface area is 303 Å². The summed E-state index contributed by atoms with van der Waals surface area (Å²) in [6.07, 6.45) is 0. The molecule has 0 aliphatic rings. The number of hydrogen-bond donors (Lipinski definition) is 0. The van der Waals surface area contributed by atoms with E-state index in [9.17, 15) is 4.39 Å². The van der Waals surface area contributed by atoms with Gasteiger partial charge in [0.25, 0.3) is 0 Å². The van der Waals surface area contributed by atoms with Crippen molar-refractivity contribution >= 4 is 82.6 Å². The summed E-state index contributed by atoms with van der Waals surface area (Å²) in [5.41, 5.74) is 10.8. The van der Waals surface area contributed by atoms with Crippen LogP contribution >= 0.6 is 0 Å². The molecule has 0 aliphatic heterocycles. The van der Waals surface area contributed by atoms with Gasteiger partial charge in [0.05, 0.1) is 33.1 Å².